The zero-order valence-corrected chi connectivity index (χ0v) is 38.3. The zero-order chi connectivity index (χ0) is 42.7. The number of hydrogen-bond acceptors (Lipinski definition) is 9. The molecule has 324 valence electrons. The molecule has 0 spiro atoms. The van der Waals surface area contributed by atoms with Gasteiger partial charge >= 0.3 is 6.09 Å². The van der Waals surface area contributed by atoms with Gasteiger partial charge in [0.1, 0.15) is 17.2 Å². The van der Waals surface area contributed by atoms with Crippen LogP contribution in [0.5, 0.6) is 0 Å². The number of nitrogens with one attached hydrogen (secondary N) is 1. The first-order valence-electron chi connectivity index (χ1n) is 21.5. The fraction of sp³-hybridized carbons (Fsp3) is 0.667. The van der Waals surface area contributed by atoms with E-state index in [1.165, 1.54) is 25.7 Å². The Kier molecular flexibility index (Phi) is 11.9. The number of benzene rings is 2. The summed E-state index contributed by atoms with van der Waals surface area (Å²) >= 11 is 0. The van der Waals surface area contributed by atoms with E-state index < -0.39 is 25.3 Å². The average molecular weight is 851 g/mol. The number of likely N-dealkylation sites (tertiary alicyclic amines) is 1. The minimum Gasteiger partial charge on any atom is -0.444 e. The molecule has 2 aromatic carbocycles. The van der Waals surface area contributed by atoms with Gasteiger partial charge in [0.05, 0.1) is 43.4 Å². The smallest absolute Gasteiger partial charge is 0.410 e. The third-order valence-electron chi connectivity index (χ3n) is 11.4. The van der Waals surface area contributed by atoms with Crippen LogP contribution in [-0.2, 0) is 50.3 Å². The molecule has 4 fully saturated rings. The summed E-state index contributed by atoms with van der Waals surface area (Å²) in [4.78, 5) is 24.1. The van der Waals surface area contributed by atoms with Gasteiger partial charge in [-0.25, -0.2) is 31.6 Å². The standard InChI is InChI=1S/C25H37N3O4S.C20H29N3O2S/c1-24(2,3)12-22-26-20-11-19(9-10-21(20)28(22)15-17-7-8-17)33(30,31)16-18-13-27(14-18)23(29)32-25(4,5)6;1-20(2,3)9-19-22-17-8-16(26(24,25)13-15-10-21-11-15)6-7-18(17)23(19)12-14-4-5-14/h9-11,17-18H,7-8,12-16H2,1-6H3;6-8,14-15,21H,4-5,9-13H2,1-3H3. The highest BCUT2D eigenvalue weighted by molar-refractivity contribution is 7.91. The van der Waals surface area contributed by atoms with Crippen molar-refractivity contribution >= 4 is 47.8 Å². The molecule has 1 amide bonds. The Bertz CT molecular complexity index is 2400. The van der Waals surface area contributed by atoms with Crippen LogP contribution in [0.15, 0.2) is 46.2 Å². The maximum Gasteiger partial charge on any atom is 0.410 e. The first-order valence-corrected chi connectivity index (χ1v) is 24.8. The third kappa shape index (κ3) is 11.3. The van der Waals surface area contributed by atoms with Crippen molar-refractivity contribution in [2.24, 2.45) is 34.5 Å². The van der Waals surface area contributed by atoms with Crippen molar-refractivity contribution in [2.75, 3.05) is 37.7 Å². The number of imidazole rings is 2. The Morgan fingerprint density at radius 3 is 1.44 bits per heavy atom. The Balaban J connectivity index is 0.000000184. The van der Waals surface area contributed by atoms with E-state index in [0.717, 1.165) is 78.7 Å². The number of carbonyl (C=O) groups excluding carboxylic acids is 1. The molecule has 2 saturated carbocycles. The summed E-state index contributed by atoms with van der Waals surface area (Å²) in [6.45, 7) is 23.1. The molecule has 4 heterocycles. The summed E-state index contributed by atoms with van der Waals surface area (Å²) in [7, 11) is -6.72. The van der Waals surface area contributed by atoms with Gasteiger partial charge in [-0.1, -0.05) is 41.5 Å². The molecule has 0 radical (unpaired) electrons. The number of rotatable bonds is 12. The highest BCUT2D eigenvalue weighted by Crippen LogP contribution is 2.36. The normalized spacial score (nSPS) is 18.4. The molecule has 8 rings (SSSR count). The first-order chi connectivity index (χ1) is 27.4. The van der Waals surface area contributed by atoms with Crippen molar-refractivity contribution in [3.05, 3.63) is 48.0 Å². The number of aromatic nitrogens is 4. The van der Waals surface area contributed by atoms with Crippen molar-refractivity contribution < 1.29 is 26.4 Å². The summed E-state index contributed by atoms with van der Waals surface area (Å²) in [6.07, 6.45) is 6.44. The van der Waals surface area contributed by atoms with Gasteiger partial charge in [0, 0.05) is 58.0 Å². The van der Waals surface area contributed by atoms with Crippen LogP contribution >= 0.6 is 0 Å². The van der Waals surface area contributed by atoms with Crippen LogP contribution < -0.4 is 5.32 Å². The van der Waals surface area contributed by atoms with Gasteiger partial charge in [-0.05, 0) is 111 Å². The third-order valence-corrected chi connectivity index (χ3v) is 15.1. The van der Waals surface area contributed by atoms with Crippen molar-refractivity contribution in [3.63, 3.8) is 0 Å². The molecule has 12 nitrogen and oxygen atoms in total. The second-order valence-electron chi connectivity index (χ2n) is 21.3. The van der Waals surface area contributed by atoms with E-state index in [-0.39, 0.29) is 40.3 Å². The molecule has 0 atom stereocenters. The van der Waals surface area contributed by atoms with E-state index in [1.807, 2.05) is 32.9 Å². The van der Waals surface area contributed by atoms with Crippen LogP contribution in [0.1, 0.15) is 99.6 Å². The Labute approximate surface area is 351 Å². The van der Waals surface area contributed by atoms with Crippen molar-refractivity contribution in [1.29, 1.82) is 0 Å². The predicted octanol–water partition coefficient (Wildman–Crippen LogP) is 7.70. The van der Waals surface area contributed by atoms with Gasteiger partial charge in [0.25, 0.3) is 0 Å². The molecule has 2 aliphatic heterocycles. The largest absolute Gasteiger partial charge is 0.444 e. The van der Waals surface area contributed by atoms with Crippen LogP contribution in [0.25, 0.3) is 22.1 Å². The van der Waals surface area contributed by atoms with E-state index in [9.17, 15) is 21.6 Å². The van der Waals surface area contributed by atoms with E-state index in [1.54, 1.807) is 29.2 Å². The second-order valence-corrected chi connectivity index (χ2v) is 25.3. The number of carbonyl (C=O) groups is 1. The lowest BCUT2D eigenvalue weighted by Gasteiger charge is -2.39. The maximum atomic E-state index is 13.1. The molecule has 0 unspecified atom stereocenters. The number of nitrogens with zero attached hydrogens (tertiary/aromatic N) is 5. The Morgan fingerprint density at radius 2 is 1.08 bits per heavy atom. The molecular formula is C45H66N6O6S2. The summed E-state index contributed by atoms with van der Waals surface area (Å²) < 4.78 is 61.7. The van der Waals surface area contributed by atoms with Gasteiger partial charge < -0.3 is 24.1 Å². The molecular weight excluding hydrogens is 785 g/mol. The zero-order valence-electron chi connectivity index (χ0n) is 36.7. The average Bonchev–Trinajstić information content (AvgIpc) is 4.00. The van der Waals surface area contributed by atoms with Gasteiger partial charge in [-0.3, -0.25) is 0 Å². The summed E-state index contributed by atoms with van der Waals surface area (Å²) in [6, 6.07) is 10.9. The van der Waals surface area contributed by atoms with Crippen molar-refractivity contribution in [2.45, 2.75) is 129 Å². The number of ether oxygens (including phenoxy) is 1. The van der Waals surface area contributed by atoms with E-state index in [2.05, 4.69) is 56.0 Å². The topological polar surface area (TPSA) is 145 Å². The molecule has 59 heavy (non-hydrogen) atoms. The molecule has 4 aliphatic rings. The summed E-state index contributed by atoms with van der Waals surface area (Å²) in [5.41, 5.74) is 3.34. The number of fused-ring (bicyclic) bond motifs is 2. The second kappa shape index (κ2) is 16.1. The van der Waals surface area contributed by atoms with Crippen LogP contribution in [-0.4, -0.2) is 90.2 Å². The first kappa shape index (κ1) is 43.6. The molecule has 1 N–H and O–H groups in total. The van der Waals surface area contributed by atoms with Crippen LogP contribution in [0.4, 0.5) is 4.79 Å². The van der Waals surface area contributed by atoms with Crippen LogP contribution in [0, 0.1) is 34.5 Å². The molecule has 2 aromatic heterocycles. The summed E-state index contributed by atoms with van der Waals surface area (Å²) in [5, 5.41) is 3.14. The lowest BCUT2D eigenvalue weighted by molar-refractivity contribution is 0.00190. The minimum absolute atomic E-state index is 0.0232. The number of sulfone groups is 2. The molecule has 0 bridgehead atoms. The van der Waals surface area contributed by atoms with Crippen LogP contribution in [0.2, 0.25) is 0 Å². The highest BCUT2D eigenvalue weighted by Gasteiger charge is 2.37. The molecule has 2 aliphatic carbocycles. The number of hydrogen-bond donors (Lipinski definition) is 1. The fourth-order valence-corrected chi connectivity index (χ4v) is 11.1. The molecule has 2 saturated heterocycles. The van der Waals surface area contributed by atoms with Crippen molar-refractivity contribution in [1.82, 2.24) is 29.3 Å². The fourth-order valence-electron chi connectivity index (χ4n) is 7.88. The lowest BCUT2D eigenvalue weighted by Crippen LogP contribution is -2.53. The van der Waals surface area contributed by atoms with E-state index in [4.69, 9.17) is 14.7 Å². The maximum absolute atomic E-state index is 13.1. The Morgan fingerprint density at radius 1 is 0.661 bits per heavy atom. The van der Waals surface area contributed by atoms with Crippen molar-refractivity contribution in [3.8, 4) is 0 Å². The monoisotopic (exact) mass is 850 g/mol. The highest BCUT2D eigenvalue weighted by atomic mass is 32.2. The SMILES string of the molecule is CC(C)(C)Cc1nc2cc(S(=O)(=O)CC3CN(C(=O)OC(C)(C)C)C3)ccc2n1CC1CC1.CC(C)(C)Cc1nc2cc(S(=O)(=O)CC3CNC3)ccc2n1CC1CC1. The van der Waals surface area contributed by atoms with Gasteiger partial charge in [0.15, 0.2) is 19.7 Å². The molecule has 14 heteroatoms. The van der Waals surface area contributed by atoms with E-state index in [0.29, 0.717) is 28.8 Å². The van der Waals surface area contributed by atoms with E-state index >= 15 is 0 Å². The summed E-state index contributed by atoms with van der Waals surface area (Å²) in [5.74, 6) is 3.97. The lowest BCUT2D eigenvalue weighted by atomic mass is 9.92. The predicted molar refractivity (Wildman–Crippen MR) is 233 cm³/mol. The quantitative estimate of drug-likeness (QED) is 0.152. The molecule has 4 aromatic rings. The minimum atomic E-state index is -3.47. The van der Waals surface area contributed by atoms with Gasteiger partial charge in [-0.15, -0.1) is 0 Å². The Hall–Kier alpha value is -3.49. The van der Waals surface area contributed by atoms with Gasteiger partial charge in [-0.2, -0.15) is 0 Å². The van der Waals surface area contributed by atoms with Crippen LogP contribution in [0.3, 0.4) is 0 Å². The number of amides is 1. The van der Waals surface area contributed by atoms with Gasteiger partial charge in [0.2, 0.25) is 0 Å².